The molecule has 0 radical (unpaired) electrons. The summed E-state index contributed by atoms with van der Waals surface area (Å²) >= 11 is 0. The first-order valence-corrected chi connectivity index (χ1v) is 15.7. The summed E-state index contributed by atoms with van der Waals surface area (Å²) in [5, 5.41) is 6.30. The van der Waals surface area contributed by atoms with Crippen molar-refractivity contribution in [2.45, 2.75) is 24.8 Å². The first-order valence-electron chi connectivity index (χ1n) is 15.7. The number of nitrogens with one attached hydrogen (secondary N) is 2. The van der Waals surface area contributed by atoms with Gasteiger partial charge in [-0.2, -0.15) is 0 Å². The minimum absolute atomic E-state index is 0.0485. The van der Waals surface area contributed by atoms with Crippen molar-refractivity contribution in [3.05, 3.63) is 167 Å². The molecule has 0 aromatic heterocycles. The average Bonchev–Trinajstić information content (AvgIpc) is 3.13. The van der Waals surface area contributed by atoms with E-state index in [-0.39, 0.29) is 17.6 Å². The molecule has 0 fully saturated rings. The van der Waals surface area contributed by atoms with E-state index in [1.54, 1.807) is 30.3 Å². The third-order valence-electron chi connectivity index (χ3n) is 7.80. The third kappa shape index (κ3) is 8.95. The molecule has 0 aliphatic carbocycles. The van der Waals surface area contributed by atoms with Crippen molar-refractivity contribution < 1.29 is 23.9 Å². The summed E-state index contributed by atoms with van der Waals surface area (Å²) in [5.74, 6) is -0.311. The van der Waals surface area contributed by atoms with Gasteiger partial charge in [0, 0.05) is 29.8 Å². The molecule has 238 valence electrons. The van der Waals surface area contributed by atoms with Gasteiger partial charge in [-0.3, -0.25) is 9.59 Å². The summed E-state index contributed by atoms with van der Waals surface area (Å²) in [6.07, 6.45) is 0.982. The van der Waals surface area contributed by atoms with E-state index in [4.69, 9.17) is 9.47 Å². The SMILES string of the molecule is COC(=O)[C@H](Cc1ccc(OCCCNC(=O)C(c2ccccc2)c2ccccc2)cc1)Nc1ccccc1C(=O)c1ccccc1. The van der Waals surface area contributed by atoms with Crippen LogP contribution in [0.2, 0.25) is 0 Å². The number of amides is 1. The van der Waals surface area contributed by atoms with E-state index in [1.807, 2.05) is 109 Å². The Morgan fingerprint density at radius 3 is 1.87 bits per heavy atom. The quantitative estimate of drug-likeness (QED) is 0.0752. The van der Waals surface area contributed by atoms with Crippen LogP contribution in [0.3, 0.4) is 0 Å². The smallest absolute Gasteiger partial charge is 0.328 e. The van der Waals surface area contributed by atoms with Gasteiger partial charge in [-0.15, -0.1) is 0 Å². The number of carbonyl (C=O) groups is 3. The maximum absolute atomic E-state index is 13.2. The molecule has 7 nitrogen and oxygen atoms in total. The van der Waals surface area contributed by atoms with Crippen LogP contribution in [0.25, 0.3) is 0 Å². The number of carbonyl (C=O) groups excluding carboxylic acids is 3. The van der Waals surface area contributed by atoms with E-state index >= 15 is 0 Å². The lowest BCUT2D eigenvalue weighted by Crippen LogP contribution is -2.33. The van der Waals surface area contributed by atoms with Crippen molar-refractivity contribution in [2.24, 2.45) is 0 Å². The molecule has 1 atom stereocenters. The number of esters is 1. The number of benzene rings is 5. The zero-order valence-corrected chi connectivity index (χ0v) is 26.3. The van der Waals surface area contributed by atoms with E-state index < -0.39 is 12.0 Å². The van der Waals surface area contributed by atoms with Crippen LogP contribution < -0.4 is 15.4 Å². The number of methoxy groups -OCH3 is 1. The Morgan fingerprint density at radius 2 is 1.26 bits per heavy atom. The Labute approximate surface area is 275 Å². The van der Waals surface area contributed by atoms with Crippen LogP contribution in [-0.2, 0) is 20.7 Å². The van der Waals surface area contributed by atoms with E-state index in [0.717, 1.165) is 16.7 Å². The molecule has 0 aliphatic heterocycles. The van der Waals surface area contributed by atoms with Crippen molar-refractivity contribution in [3.8, 4) is 5.75 Å². The largest absolute Gasteiger partial charge is 0.494 e. The molecule has 5 aromatic carbocycles. The highest BCUT2D eigenvalue weighted by Crippen LogP contribution is 2.25. The monoisotopic (exact) mass is 626 g/mol. The van der Waals surface area contributed by atoms with Crippen LogP contribution in [0, 0.1) is 0 Å². The second-order valence-electron chi connectivity index (χ2n) is 11.1. The van der Waals surface area contributed by atoms with Crippen LogP contribution in [0.1, 0.15) is 45.0 Å². The predicted molar refractivity (Wildman–Crippen MR) is 184 cm³/mol. The topological polar surface area (TPSA) is 93.7 Å². The van der Waals surface area contributed by atoms with Gasteiger partial charge in [0.05, 0.1) is 19.6 Å². The van der Waals surface area contributed by atoms with Crippen LogP contribution in [0.4, 0.5) is 5.69 Å². The minimum Gasteiger partial charge on any atom is -0.494 e. The fraction of sp³-hybridized carbons (Fsp3) is 0.175. The van der Waals surface area contributed by atoms with Crippen LogP contribution in [-0.4, -0.2) is 44.0 Å². The lowest BCUT2D eigenvalue weighted by molar-refractivity contribution is -0.141. The molecular weight excluding hydrogens is 588 g/mol. The predicted octanol–water partition coefficient (Wildman–Crippen LogP) is 6.83. The summed E-state index contributed by atoms with van der Waals surface area (Å²) in [4.78, 5) is 39.2. The van der Waals surface area contributed by atoms with Crippen molar-refractivity contribution in [1.29, 1.82) is 0 Å². The molecule has 0 saturated carbocycles. The van der Waals surface area contributed by atoms with Gasteiger partial charge in [0.25, 0.3) is 0 Å². The van der Waals surface area contributed by atoms with Gasteiger partial charge >= 0.3 is 5.97 Å². The zero-order chi connectivity index (χ0) is 32.8. The Balaban J connectivity index is 1.14. The number of para-hydroxylation sites is 1. The molecule has 0 heterocycles. The van der Waals surface area contributed by atoms with Gasteiger partial charge in [-0.1, -0.05) is 115 Å². The van der Waals surface area contributed by atoms with Crippen molar-refractivity contribution in [1.82, 2.24) is 5.32 Å². The van der Waals surface area contributed by atoms with Gasteiger partial charge in [0.2, 0.25) is 5.91 Å². The Kier molecular flexibility index (Phi) is 11.5. The second kappa shape index (κ2) is 16.6. The molecule has 0 aliphatic rings. The van der Waals surface area contributed by atoms with E-state index in [2.05, 4.69) is 10.6 Å². The molecule has 0 bridgehead atoms. The number of ether oxygens (including phenoxy) is 2. The fourth-order valence-corrected chi connectivity index (χ4v) is 5.39. The van der Waals surface area contributed by atoms with E-state index in [1.165, 1.54) is 7.11 Å². The van der Waals surface area contributed by atoms with Crippen LogP contribution in [0.15, 0.2) is 140 Å². The summed E-state index contributed by atoms with van der Waals surface area (Å²) < 4.78 is 11.0. The molecule has 7 heteroatoms. The second-order valence-corrected chi connectivity index (χ2v) is 11.1. The molecule has 5 rings (SSSR count). The summed E-state index contributed by atoms with van der Waals surface area (Å²) in [7, 11) is 1.35. The number of anilines is 1. The van der Waals surface area contributed by atoms with Crippen LogP contribution in [0.5, 0.6) is 5.75 Å². The average molecular weight is 627 g/mol. The molecule has 0 saturated heterocycles. The highest BCUT2D eigenvalue weighted by Gasteiger charge is 2.23. The summed E-state index contributed by atoms with van der Waals surface area (Å²) in [6.45, 7) is 0.910. The summed E-state index contributed by atoms with van der Waals surface area (Å²) in [6, 6.07) is 42.5. The zero-order valence-electron chi connectivity index (χ0n) is 26.3. The van der Waals surface area contributed by atoms with Gasteiger partial charge in [0.15, 0.2) is 5.78 Å². The van der Waals surface area contributed by atoms with Gasteiger partial charge in [-0.05, 0) is 47.4 Å². The van der Waals surface area contributed by atoms with E-state index in [0.29, 0.717) is 48.6 Å². The highest BCUT2D eigenvalue weighted by atomic mass is 16.5. The van der Waals surface area contributed by atoms with Gasteiger partial charge in [-0.25, -0.2) is 4.79 Å². The normalized spacial score (nSPS) is 11.4. The fourth-order valence-electron chi connectivity index (χ4n) is 5.39. The Morgan fingerprint density at radius 1 is 0.681 bits per heavy atom. The van der Waals surface area contributed by atoms with Crippen LogP contribution >= 0.6 is 0 Å². The van der Waals surface area contributed by atoms with Crippen molar-refractivity contribution in [2.75, 3.05) is 25.6 Å². The number of rotatable bonds is 15. The molecule has 0 unspecified atom stereocenters. The maximum Gasteiger partial charge on any atom is 0.328 e. The minimum atomic E-state index is -0.712. The molecular formula is C40H38N2O5. The standard InChI is InChI=1S/C40H38N2O5/c1-46-40(45)36(42-35-21-12-11-20-34(35)38(43)32-18-9-4-10-19-32)28-29-22-24-33(25-23-29)47-27-13-26-41-39(44)37(30-14-5-2-6-15-30)31-16-7-3-8-17-31/h2-12,14-25,36-37,42H,13,26-28H2,1H3,(H,41,44)/t36-/m0/s1. The first-order chi connectivity index (χ1) is 23.0. The van der Waals surface area contributed by atoms with E-state index in [9.17, 15) is 14.4 Å². The molecule has 2 N–H and O–H groups in total. The number of hydrogen-bond donors (Lipinski definition) is 2. The number of hydrogen-bond acceptors (Lipinski definition) is 6. The summed E-state index contributed by atoms with van der Waals surface area (Å²) in [5.41, 5.74) is 4.39. The third-order valence-corrected chi connectivity index (χ3v) is 7.80. The highest BCUT2D eigenvalue weighted by molar-refractivity contribution is 6.12. The molecule has 0 spiro atoms. The maximum atomic E-state index is 13.2. The Bertz CT molecular complexity index is 1700. The lowest BCUT2D eigenvalue weighted by atomic mass is 9.90. The molecule has 47 heavy (non-hydrogen) atoms. The van der Waals surface area contributed by atoms with Crippen molar-refractivity contribution in [3.63, 3.8) is 0 Å². The van der Waals surface area contributed by atoms with Gasteiger partial charge < -0.3 is 20.1 Å². The Hall–Kier alpha value is -5.69. The van der Waals surface area contributed by atoms with Crippen molar-refractivity contribution >= 4 is 23.3 Å². The van der Waals surface area contributed by atoms with Gasteiger partial charge in [0.1, 0.15) is 11.8 Å². The lowest BCUT2D eigenvalue weighted by Gasteiger charge is -2.20. The first kappa shape index (κ1) is 32.7. The molecule has 5 aromatic rings. The number of ketones is 1. The molecule has 1 amide bonds.